The molecule has 0 saturated heterocycles. The lowest BCUT2D eigenvalue weighted by Gasteiger charge is -2.23. The van der Waals surface area contributed by atoms with Crippen molar-refractivity contribution in [3.63, 3.8) is 0 Å². The Morgan fingerprint density at radius 3 is 2.13 bits per heavy atom. The van der Waals surface area contributed by atoms with Crippen LogP contribution in [0.5, 0.6) is 0 Å². The molecule has 0 bridgehead atoms. The van der Waals surface area contributed by atoms with Crippen LogP contribution in [-0.2, 0) is 5.60 Å². The summed E-state index contributed by atoms with van der Waals surface area (Å²) in [5.41, 5.74) is 2.20. The SMILES string of the molecule is CC(O)(c1ccncc1)c1ccc(-c2ccc(C#N)nc2)cn1. The minimum atomic E-state index is -1.19. The van der Waals surface area contributed by atoms with Crippen molar-refractivity contribution in [3.8, 4) is 17.2 Å². The fraction of sp³-hybridized carbons (Fsp3) is 0.111. The lowest BCUT2D eigenvalue weighted by Crippen LogP contribution is -2.24. The van der Waals surface area contributed by atoms with Crippen LogP contribution < -0.4 is 0 Å². The van der Waals surface area contributed by atoms with Gasteiger partial charge in [-0.05, 0) is 42.8 Å². The molecule has 0 aromatic carbocycles. The van der Waals surface area contributed by atoms with Gasteiger partial charge in [0, 0.05) is 35.9 Å². The molecule has 0 aliphatic carbocycles. The molecule has 23 heavy (non-hydrogen) atoms. The van der Waals surface area contributed by atoms with Gasteiger partial charge in [0.2, 0.25) is 0 Å². The van der Waals surface area contributed by atoms with Crippen molar-refractivity contribution in [3.05, 3.63) is 78.1 Å². The molecule has 0 spiro atoms. The summed E-state index contributed by atoms with van der Waals surface area (Å²) in [6, 6.07) is 12.7. The molecule has 112 valence electrons. The third-order valence-corrected chi connectivity index (χ3v) is 3.72. The smallest absolute Gasteiger partial charge is 0.140 e. The van der Waals surface area contributed by atoms with E-state index >= 15 is 0 Å². The number of nitrogens with zero attached hydrogens (tertiary/aromatic N) is 4. The molecule has 3 aromatic heterocycles. The summed E-state index contributed by atoms with van der Waals surface area (Å²) >= 11 is 0. The first-order valence-electron chi connectivity index (χ1n) is 7.07. The van der Waals surface area contributed by atoms with Crippen LogP contribution in [-0.4, -0.2) is 20.1 Å². The Balaban J connectivity index is 1.91. The highest BCUT2D eigenvalue weighted by molar-refractivity contribution is 5.62. The van der Waals surface area contributed by atoms with E-state index in [1.54, 1.807) is 56.0 Å². The Hall–Kier alpha value is -3.10. The van der Waals surface area contributed by atoms with Crippen LogP contribution in [0.15, 0.2) is 61.2 Å². The zero-order valence-corrected chi connectivity index (χ0v) is 12.5. The second-order valence-corrected chi connectivity index (χ2v) is 5.28. The highest BCUT2D eigenvalue weighted by Crippen LogP contribution is 2.28. The molecule has 5 heteroatoms. The van der Waals surface area contributed by atoms with Crippen LogP contribution >= 0.6 is 0 Å². The van der Waals surface area contributed by atoms with Crippen LogP contribution in [0, 0.1) is 11.3 Å². The molecule has 1 unspecified atom stereocenters. The summed E-state index contributed by atoms with van der Waals surface area (Å²) in [7, 11) is 0. The Morgan fingerprint density at radius 1 is 0.957 bits per heavy atom. The molecule has 1 atom stereocenters. The predicted molar refractivity (Wildman–Crippen MR) is 85.1 cm³/mol. The van der Waals surface area contributed by atoms with Crippen LogP contribution in [0.4, 0.5) is 0 Å². The van der Waals surface area contributed by atoms with Gasteiger partial charge in [-0.15, -0.1) is 0 Å². The lowest BCUT2D eigenvalue weighted by atomic mass is 9.92. The average Bonchev–Trinajstić information content (AvgIpc) is 2.63. The number of aromatic nitrogens is 3. The zero-order chi connectivity index (χ0) is 16.3. The van der Waals surface area contributed by atoms with Gasteiger partial charge < -0.3 is 5.11 Å². The topological polar surface area (TPSA) is 82.7 Å². The quantitative estimate of drug-likeness (QED) is 0.804. The molecule has 0 radical (unpaired) electrons. The van der Waals surface area contributed by atoms with E-state index < -0.39 is 5.60 Å². The van der Waals surface area contributed by atoms with Gasteiger partial charge in [0.1, 0.15) is 17.4 Å². The van der Waals surface area contributed by atoms with Gasteiger partial charge >= 0.3 is 0 Å². The van der Waals surface area contributed by atoms with Crippen molar-refractivity contribution >= 4 is 0 Å². The molecule has 0 amide bonds. The highest BCUT2D eigenvalue weighted by atomic mass is 16.3. The van der Waals surface area contributed by atoms with E-state index in [4.69, 9.17) is 5.26 Å². The largest absolute Gasteiger partial charge is 0.379 e. The maximum atomic E-state index is 10.7. The molecular formula is C18H14N4O. The molecule has 0 fully saturated rings. The molecule has 0 aliphatic rings. The zero-order valence-electron chi connectivity index (χ0n) is 12.5. The summed E-state index contributed by atoms with van der Waals surface area (Å²) in [6.07, 6.45) is 6.60. The van der Waals surface area contributed by atoms with Gasteiger partial charge in [-0.25, -0.2) is 4.98 Å². The number of rotatable bonds is 3. The minimum Gasteiger partial charge on any atom is -0.379 e. The van der Waals surface area contributed by atoms with Crippen LogP contribution in [0.25, 0.3) is 11.1 Å². The maximum Gasteiger partial charge on any atom is 0.140 e. The Labute approximate surface area is 133 Å². The molecule has 0 aliphatic heterocycles. The Bertz CT molecular complexity index is 835. The van der Waals surface area contributed by atoms with E-state index in [0.717, 1.165) is 16.7 Å². The standard InChI is InChI=1S/C18H14N4O/c1-18(23,15-6-8-20-9-7-15)17-5-3-14(12-22-17)13-2-4-16(10-19)21-11-13/h2-9,11-12,23H,1H3. The summed E-state index contributed by atoms with van der Waals surface area (Å²) < 4.78 is 0. The fourth-order valence-electron chi connectivity index (χ4n) is 2.31. The van der Waals surface area contributed by atoms with Crippen LogP contribution in [0.3, 0.4) is 0 Å². The van der Waals surface area contributed by atoms with Crippen molar-refractivity contribution in [1.82, 2.24) is 15.0 Å². The van der Waals surface area contributed by atoms with E-state index in [1.807, 2.05) is 18.2 Å². The second kappa shape index (κ2) is 5.95. The first-order chi connectivity index (χ1) is 11.1. The van der Waals surface area contributed by atoms with Gasteiger partial charge in [0.25, 0.3) is 0 Å². The van der Waals surface area contributed by atoms with Gasteiger partial charge in [0.15, 0.2) is 0 Å². The predicted octanol–water partition coefficient (Wildman–Crippen LogP) is 2.67. The number of nitriles is 1. The summed E-state index contributed by atoms with van der Waals surface area (Å²) in [5, 5.41) is 19.5. The maximum absolute atomic E-state index is 10.7. The van der Waals surface area contributed by atoms with Crippen molar-refractivity contribution in [2.75, 3.05) is 0 Å². The number of pyridine rings is 3. The van der Waals surface area contributed by atoms with E-state index in [9.17, 15) is 5.11 Å². The summed E-state index contributed by atoms with van der Waals surface area (Å²) in [5.74, 6) is 0. The minimum absolute atomic E-state index is 0.374. The van der Waals surface area contributed by atoms with Gasteiger partial charge in [-0.2, -0.15) is 5.26 Å². The summed E-state index contributed by atoms with van der Waals surface area (Å²) in [4.78, 5) is 12.4. The monoisotopic (exact) mass is 302 g/mol. The van der Waals surface area contributed by atoms with Crippen molar-refractivity contribution < 1.29 is 5.11 Å². The van der Waals surface area contributed by atoms with E-state index in [1.165, 1.54) is 0 Å². The number of hydrogen-bond donors (Lipinski definition) is 1. The first kappa shape index (κ1) is 14.8. The Morgan fingerprint density at radius 2 is 1.61 bits per heavy atom. The average molecular weight is 302 g/mol. The molecule has 3 rings (SSSR count). The molecule has 0 saturated carbocycles. The molecular weight excluding hydrogens is 288 g/mol. The van der Waals surface area contributed by atoms with Crippen molar-refractivity contribution in [2.24, 2.45) is 0 Å². The van der Waals surface area contributed by atoms with Crippen molar-refractivity contribution in [2.45, 2.75) is 12.5 Å². The lowest BCUT2D eigenvalue weighted by molar-refractivity contribution is 0.0973. The van der Waals surface area contributed by atoms with Gasteiger partial charge in [-0.1, -0.05) is 6.07 Å². The summed E-state index contributed by atoms with van der Waals surface area (Å²) in [6.45, 7) is 1.70. The van der Waals surface area contributed by atoms with Gasteiger partial charge in [0.05, 0.1) is 5.69 Å². The first-order valence-corrected chi connectivity index (χ1v) is 7.07. The van der Waals surface area contributed by atoms with Crippen molar-refractivity contribution in [1.29, 1.82) is 5.26 Å². The number of aliphatic hydroxyl groups is 1. The second-order valence-electron chi connectivity index (χ2n) is 5.28. The molecule has 1 N–H and O–H groups in total. The van der Waals surface area contributed by atoms with E-state index in [-0.39, 0.29) is 0 Å². The van der Waals surface area contributed by atoms with Gasteiger partial charge in [-0.3, -0.25) is 9.97 Å². The fourth-order valence-corrected chi connectivity index (χ4v) is 2.31. The third-order valence-electron chi connectivity index (χ3n) is 3.72. The molecule has 3 aromatic rings. The van der Waals surface area contributed by atoms with E-state index in [2.05, 4.69) is 15.0 Å². The molecule has 5 nitrogen and oxygen atoms in total. The Kier molecular flexibility index (Phi) is 3.83. The third kappa shape index (κ3) is 2.93. The van der Waals surface area contributed by atoms with E-state index in [0.29, 0.717) is 11.4 Å². The number of hydrogen-bond acceptors (Lipinski definition) is 5. The normalized spacial score (nSPS) is 13.1. The van der Waals surface area contributed by atoms with Crippen LogP contribution in [0.1, 0.15) is 23.9 Å². The van der Waals surface area contributed by atoms with Crippen LogP contribution in [0.2, 0.25) is 0 Å². The molecule has 3 heterocycles. The highest BCUT2D eigenvalue weighted by Gasteiger charge is 2.26.